The van der Waals surface area contributed by atoms with E-state index in [1.807, 2.05) is 27.7 Å². The molecule has 1 aromatic heterocycles. The maximum atomic E-state index is 11.9. The molecule has 6 nitrogen and oxygen atoms in total. The van der Waals surface area contributed by atoms with Crippen LogP contribution in [-0.2, 0) is 9.59 Å². The lowest BCUT2D eigenvalue weighted by Gasteiger charge is -2.17. The van der Waals surface area contributed by atoms with Crippen LogP contribution in [0.25, 0.3) is 0 Å². The van der Waals surface area contributed by atoms with Crippen LogP contribution in [0.2, 0.25) is 0 Å². The molecule has 8 heteroatoms. The Balaban J connectivity index is 2.45. The monoisotopic (exact) mass is 330 g/mol. The van der Waals surface area contributed by atoms with Gasteiger partial charge in [0.25, 0.3) is 0 Å². The Morgan fingerprint density at radius 2 is 1.95 bits per heavy atom. The van der Waals surface area contributed by atoms with Crippen LogP contribution in [0.15, 0.2) is 4.34 Å². The third kappa shape index (κ3) is 6.43. The SMILES string of the molecule is CCN(CC)C(=O)CSc1nnc(NC(=O)CC(C)C)s1. The lowest BCUT2D eigenvalue weighted by molar-refractivity contribution is -0.128. The number of amides is 2. The largest absolute Gasteiger partial charge is 0.343 e. The Labute approximate surface area is 133 Å². The van der Waals surface area contributed by atoms with Gasteiger partial charge >= 0.3 is 0 Å². The Hall–Kier alpha value is -1.15. The zero-order valence-electron chi connectivity index (χ0n) is 12.9. The van der Waals surface area contributed by atoms with E-state index in [4.69, 9.17) is 0 Å². The summed E-state index contributed by atoms with van der Waals surface area (Å²) in [7, 11) is 0. The van der Waals surface area contributed by atoms with E-state index < -0.39 is 0 Å². The van der Waals surface area contributed by atoms with Gasteiger partial charge in [0.05, 0.1) is 5.75 Å². The summed E-state index contributed by atoms with van der Waals surface area (Å²) >= 11 is 2.65. The van der Waals surface area contributed by atoms with Crippen LogP contribution in [0.1, 0.15) is 34.1 Å². The van der Waals surface area contributed by atoms with Crippen LogP contribution in [-0.4, -0.2) is 45.8 Å². The number of carbonyl (C=O) groups is 2. The van der Waals surface area contributed by atoms with Gasteiger partial charge in [-0.1, -0.05) is 36.9 Å². The molecular weight excluding hydrogens is 308 g/mol. The van der Waals surface area contributed by atoms with Crippen LogP contribution in [0, 0.1) is 5.92 Å². The zero-order valence-corrected chi connectivity index (χ0v) is 14.5. The topological polar surface area (TPSA) is 75.2 Å². The van der Waals surface area contributed by atoms with Crippen molar-refractivity contribution in [3.05, 3.63) is 0 Å². The van der Waals surface area contributed by atoms with Crippen LogP contribution in [0.4, 0.5) is 5.13 Å². The first kappa shape index (κ1) is 17.9. The van der Waals surface area contributed by atoms with Crippen molar-refractivity contribution in [1.29, 1.82) is 0 Å². The molecule has 0 bridgehead atoms. The second-order valence-electron chi connectivity index (χ2n) is 4.87. The minimum atomic E-state index is -0.0584. The van der Waals surface area contributed by atoms with Gasteiger partial charge in [-0.25, -0.2) is 0 Å². The van der Waals surface area contributed by atoms with Crippen molar-refractivity contribution < 1.29 is 9.59 Å². The molecule has 0 aliphatic carbocycles. The van der Waals surface area contributed by atoms with E-state index in [1.165, 1.54) is 23.1 Å². The fourth-order valence-electron chi connectivity index (χ4n) is 1.65. The van der Waals surface area contributed by atoms with E-state index in [2.05, 4.69) is 15.5 Å². The van der Waals surface area contributed by atoms with Gasteiger partial charge in [0.15, 0.2) is 4.34 Å². The van der Waals surface area contributed by atoms with E-state index in [0.29, 0.717) is 40.7 Å². The number of aromatic nitrogens is 2. The van der Waals surface area contributed by atoms with E-state index >= 15 is 0 Å². The minimum absolute atomic E-state index is 0.0584. The summed E-state index contributed by atoms with van der Waals surface area (Å²) in [6.45, 7) is 9.31. The van der Waals surface area contributed by atoms with Gasteiger partial charge in [0.1, 0.15) is 0 Å². The molecule has 1 aromatic rings. The number of anilines is 1. The normalized spacial score (nSPS) is 10.7. The predicted octanol–water partition coefficient (Wildman–Crippen LogP) is 2.48. The molecule has 0 atom stereocenters. The summed E-state index contributed by atoms with van der Waals surface area (Å²) in [6.07, 6.45) is 0.461. The molecular formula is C13H22N4O2S2. The average molecular weight is 330 g/mol. The highest BCUT2D eigenvalue weighted by atomic mass is 32.2. The molecule has 0 saturated carbocycles. The molecule has 0 unspecified atom stereocenters. The lowest BCUT2D eigenvalue weighted by atomic mass is 10.1. The summed E-state index contributed by atoms with van der Waals surface area (Å²) < 4.78 is 0.690. The first-order chi connectivity index (χ1) is 9.96. The molecule has 1 heterocycles. The molecule has 0 aliphatic rings. The van der Waals surface area contributed by atoms with Gasteiger partial charge in [-0.3, -0.25) is 9.59 Å². The third-order valence-corrected chi connectivity index (χ3v) is 4.64. The van der Waals surface area contributed by atoms with Crippen LogP contribution < -0.4 is 5.32 Å². The van der Waals surface area contributed by atoms with E-state index in [9.17, 15) is 9.59 Å². The number of hydrogen-bond acceptors (Lipinski definition) is 6. The van der Waals surface area contributed by atoms with E-state index in [-0.39, 0.29) is 11.8 Å². The van der Waals surface area contributed by atoms with Crippen molar-refractivity contribution in [2.45, 2.75) is 38.5 Å². The van der Waals surface area contributed by atoms with Gasteiger partial charge < -0.3 is 10.2 Å². The molecule has 21 heavy (non-hydrogen) atoms. The van der Waals surface area contributed by atoms with Crippen LogP contribution in [0.5, 0.6) is 0 Å². The van der Waals surface area contributed by atoms with Crippen molar-refractivity contribution in [2.75, 3.05) is 24.2 Å². The number of carbonyl (C=O) groups excluding carboxylic acids is 2. The fraction of sp³-hybridized carbons (Fsp3) is 0.692. The highest BCUT2D eigenvalue weighted by Crippen LogP contribution is 2.25. The van der Waals surface area contributed by atoms with Gasteiger partial charge in [-0.05, 0) is 19.8 Å². The summed E-state index contributed by atoms with van der Waals surface area (Å²) in [5, 5.41) is 11.1. The molecule has 0 radical (unpaired) electrons. The molecule has 1 rings (SSSR count). The van der Waals surface area contributed by atoms with Gasteiger partial charge in [0.2, 0.25) is 16.9 Å². The highest BCUT2D eigenvalue weighted by Gasteiger charge is 2.13. The molecule has 2 amide bonds. The van der Waals surface area contributed by atoms with Crippen molar-refractivity contribution in [3.8, 4) is 0 Å². The minimum Gasteiger partial charge on any atom is -0.343 e. The van der Waals surface area contributed by atoms with E-state index in [1.54, 1.807) is 4.90 Å². The van der Waals surface area contributed by atoms with Gasteiger partial charge in [0, 0.05) is 19.5 Å². The summed E-state index contributed by atoms with van der Waals surface area (Å²) in [5.74, 6) is 0.678. The fourth-order valence-corrected chi connectivity index (χ4v) is 3.32. The second-order valence-corrected chi connectivity index (χ2v) is 7.07. The zero-order chi connectivity index (χ0) is 15.8. The number of nitrogens with one attached hydrogen (secondary N) is 1. The number of rotatable bonds is 8. The molecule has 0 saturated heterocycles. The maximum Gasteiger partial charge on any atom is 0.233 e. The third-order valence-electron chi connectivity index (χ3n) is 2.68. The van der Waals surface area contributed by atoms with Crippen LogP contribution in [0.3, 0.4) is 0 Å². The Bertz CT molecular complexity index is 472. The molecule has 0 spiro atoms. The van der Waals surface area contributed by atoms with Crippen molar-refractivity contribution >= 4 is 40.0 Å². The second kappa shape index (κ2) is 8.99. The molecule has 118 valence electrons. The smallest absolute Gasteiger partial charge is 0.233 e. The predicted molar refractivity (Wildman–Crippen MR) is 86.6 cm³/mol. The van der Waals surface area contributed by atoms with E-state index in [0.717, 1.165) is 0 Å². The van der Waals surface area contributed by atoms with Crippen molar-refractivity contribution in [1.82, 2.24) is 15.1 Å². The number of nitrogens with zero attached hydrogens (tertiary/aromatic N) is 3. The van der Waals surface area contributed by atoms with Crippen LogP contribution >= 0.6 is 23.1 Å². The number of thioether (sulfide) groups is 1. The molecule has 1 N–H and O–H groups in total. The highest BCUT2D eigenvalue weighted by molar-refractivity contribution is 8.01. The quantitative estimate of drug-likeness (QED) is 0.585. The summed E-state index contributed by atoms with van der Waals surface area (Å²) in [6, 6.07) is 0. The van der Waals surface area contributed by atoms with Crippen molar-refractivity contribution in [2.24, 2.45) is 5.92 Å². The lowest BCUT2D eigenvalue weighted by Crippen LogP contribution is -2.31. The first-order valence-electron chi connectivity index (χ1n) is 7.00. The standard InChI is InChI=1S/C13H22N4O2S2/c1-5-17(6-2)11(19)8-20-13-16-15-12(21-13)14-10(18)7-9(3)4/h9H,5-8H2,1-4H3,(H,14,15,18). The summed E-state index contributed by atoms with van der Waals surface area (Å²) in [5.41, 5.74) is 0. The first-order valence-corrected chi connectivity index (χ1v) is 8.80. The Kier molecular flexibility index (Phi) is 7.66. The van der Waals surface area contributed by atoms with Gasteiger partial charge in [-0.2, -0.15) is 0 Å². The molecule has 0 aliphatic heterocycles. The van der Waals surface area contributed by atoms with Crippen molar-refractivity contribution in [3.63, 3.8) is 0 Å². The maximum absolute atomic E-state index is 11.9. The van der Waals surface area contributed by atoms with Gasteiger partial charge in [-0.15, -0.1) is 10.2 Å². The number of hydrogen-bond donors (Lipinski definition) is 1. The Morgan fingerprint density at radius 3 is 2.52 bits per heavy atom. The average Bonchev–Trinajstić information content (AvgIpc) is 2.84. The summed E-state index contributed by atoms with van der Waals surface area (Å²) in [4.78, 5) is 25.3. The molecule has 0 fully saturated rings. The molecule has 0 aromatic carbocycles. The Morgan fingerprint density at radius 1 is 1.29 bits per heavy atom.